The number of rotatable bonds is 4. The predicted octanol–water partition coefficient (Wildman–Crippen LogP) is 3.27. The fourth-order valence-electron chi connectivity index (χ4n) is 2.84. The number of thiophene rings is 1. The number of pyridine rings is 1. The second-order valence-corrected chi connectivity index (χ2v) is 6.69. The van der Waals surface area contributed by atoms with E-state index >= 15 is 0 Å². The SMILES string of the molecule is CC[C@@H](NC(=O)N1CCN(c2ncccc2F)CC1)c1cccs1. The van der Waals surface area contributed by atoms with Crippen LogP contribution in [0.3, 0.4) is 0 Å². The summed E-state index contributed by atoms with van der Waals surface area (Å²) >= 11 is 1.65. The van der Waals surface area contributed by atoms with Gasteiger partial charge in [0.05, 0.1) is 6.04 Å². The highest BCUT2D eigenvalue weighted by Crippen LogP contribution is 2.22. The Hall–Kier alpha value is -2.15. The summed E-state index contributed by atoms with van der Waals surface area (Å²) in [5, 5.41) is 5.11. The summed E-state index contributed by atoms with van der Waals surface area (Å²) in [4.78, 5) is 21.4. The van der Waals surface area contributed by atoms with Crippen molar-refractivity contribution in [3.05, 3.63) is 46.5 Å². The molecule has 0 radical (unpaired) electrons. The maximum Gasteiger partial charge on any atom is 0.318 e. The van der Waals surface area contributed by atoms with Crippen molar-refractivity contribution in [3.8, 4) is 0 Å². The monoisotopic (exact) mass is 348 g/mol. The number of halogens is 1. The smallest absolute Gasteiger partial charge is 0.318 e. The molecule has 2 aromatic rings. The highest BCUT2D eigenvalue weighted by atomic mass is 32.1. The second kappa shape index (κ2) is 7.61. The molecule has 1 saturated heterocycles. The highest BCUT2D eigenvalue weighted by Gasteiger charge is 2.25. The molecule has 0 bridgehead atoms. The Morgan fingerprint density at radius 1 is 1.33 bits per heavy atom. The first-order valence-electron chi connectivity index (χ1n) is 8.13. The lowest BCUT2D eigenvalue weighted by Gasteiger charge is -2.36. The number of nitrogens with one attached hydrogen (secondary N) is 1. The summed E-state index contributed by atoms with van der Waals surface area (Å²) in [5.41, 5.74) is 0. The number of hydrogen-bond donors (Lipinski definition) is 1. The van der Waals surface area contributed by atoms with E-state index in [1.54, 1.807) is 28.5 Å². The first kappa shape index (κ1) is 16.7. The van der Waals surface area contributed by atoms with E-state index in [9.17, 15) is 9.18 Å². The Bertz CT molecular complexity index is 671. The van der Waals surface area contributed by atoms with E-state index in [1.807, 2.05) is 22.4 Å². The van der Waals surface area contributed by atoms with Crippen LogP contribution in [0.25, 0.3) is 0 Å². The number of carbonyl (C=O) groups is 1. The van der Waals surface area contributed by atoms with E-state index in [-0.39, 0.29) is 17.9 Å². The molecule has 1 aliphatic heterocycles. The van der Waals surface area contributed by atoms with Crippen LogP contribution < -0.4 is 10.2 Å². The van der Waals surface area contributed by atoms with Crippen LogP contribution in [0, 0.1) is 5.82 Å². The average molecular weight is 348 g/mol. The standard InChI is InChI=1S/C17H21FN4OS/c1-2-14(15-6-4-12-24-15)20-17(23)22-10-8-21(9-11-22)16-13(18)5-3-7-19-16/h3-7,12,14H,2,8-11H2,1H3,(H,20,23)/t14-/m1/s1. The van der Waals surface area contributed by atoms with Crippen LogP contribution in [0.4, 0.5) is 15.0 Å². The Balaban J connectivity index is 1.56. The van der Waals surface area contributed by atoms with Gasteiger partial charge in [-0.05, 0) is 30.0 Å². The van der Waals surface area contributed by atoms with Crippen LogP contribution in [-0.2, 0) is 0 Å². The van der Waals surface area contributed by atoms with Gasteiger partial charge in [0.2, 0.25) is 0 Å². The van der Waals surface area contributed by atoms with Crippen LogP contribution in [0.15, 0.2) is 35.8 Å². The molecule has 5 nitrogen and oxygen atoms in total. The molecule has 2 aromatic heterocycles. The zero-order valence-corrected chi connectivity index (χ0v) is 14.4. The molecule has 24 heavy (non-hydrogen) atoms. The Labute approximate surface area is 145 Å². The lowest BCUT2D eigenvalue weighted by molar-refractivity contribution is 0.190. The summed E-state index contributed by atoms with van der Waals surface area (Å²) in [5.74, 6) is 0.0433. The maximum absolute atomic E-state index is 13.8. The maximum atomic E-state index is 13.8. The molecule has 1 atom stereocenters. The third kappa shape index (κ3) is 3.67. The third-order valence-corrected chi connectivity index (χ3v) is 5.18. The van der Waals surface area contributed by atoms with Crippen molar-refractivity contribution in [2.24, 2.45) is 0 Å². The van der Waals surface area contributed by atoms with Crippen molar-refractivity contribution >= 4 is 23.2 Å². The van der Waals surface area contributed by atoms with Gasteiger partial charge in [0.15, 0.2) is 11.6 Å². The molecule has 1 fully saturated rings. The quantitative estimate of drug-likeness (QED) is 0.923. The first-order chi connectivity index (χ1) is 11.7. The van der Waals surface area contributed by atoms with Gasteiger partial charge < -0.3 is 15.1 Å². The van der Waals surface area contributed by atoms with Crippen LogP contribution in [-0.4, -0.2) is 42.1 Å². The molecule has 0 aromatic carbocycles. The number of nitrogens with zero attached hydrogens (tertiary/aromatic N) is 3. The van der Waals surface area contributed by atoms with E-state index < -0.39 is 0 Å². The van der Waals surface area contributed by atoms with Crippen LogP contribution in [0.2, 0.25) is 0 Å². The van der Waals surface area contributed by atoms with Crippen molar-refractivity contribution in [1.29, 1.82) is 0 Å². The average Bonchev–Trinajstić information content (AvgIpc) is 3.14. The fraction of sp³-hybridized carbons (Fsp3) is 0.412. The minimum Gasteiger partial charge on any atom is -0.351 e. The van der Waals surface area contributed by atoms with Crippen LogP contribution >= 0.6 is 11.3 Å². The molecule has 1 N–H and O–H groups in total. The van der Waals surface area contributed by atoms with Crippen molar-refractivity contribution in [3.63, 3.8) is 0 Å². The van der Waals surface area contributed by atoms with Gasteiger partial charge in [-0.1, -0.05) is 13.0 Å². The topological polar surface area (TPSA) is 48.5 Å². The number of urea groups is 1. The van der Waals surface area contributed by atoms with Gasteiger partial charge in [-0.25, -0.2) is 14.2 Å². The highest BCUT2D eigenvalue weighted by molar-refractivity contribution is 7.10. The molecule has 0 unspecified atom stereocenters. The lowest BCUT2D eigenvalue weighted by atomic mass is 10.2. The molecular formula is C17H21FN4OS. The van der Waals surface area contributed by atoms with Crippen molar-refractivity contribution < 1.29 is 9.18 Å². The van der Waals surface area contributed by atoms with Crippen molar-refractivity contribution in [1.82, 2.24) is 15.2 Å². The molecule has 0 saturated carbocycles. The van der Waals surface area contributed by atoms with Gasteiger partial charge >= 0.3 is 6.03 Å². The second-order valence-electron chi connectivity index (χ2n) is 5.71. The van der Waals surface area contributed by atoms with Crippen LogP contribution in [0.1, 0.15) is 24.3 Å². The summed E-state index contributed by atoms with van der Waals surface area (Å²) in [7, 11) is 0. The molecular weight excluding hydrogens is 327 g/mol. The fourth-order valence-corrected chi connectivity index (χ4v) is 3.70. The molecule has 0 spiro atoms. The number of piperazine rings is 1. The molecule has 128 valence electrons. The summed E-state index contributed by atoms with van der Waals surface area (Å²) in [6, 6.07) is 7.02. The number of anilines is 1. The molecule has 3 heterocycles. The van der Waals surface area contributed by atoms with Gasteiger partial charge in [0.1, 0.15) is 0 Å². The van der Waals surface area contributed by atoms with Crippen LogP contribution in [0.5, 0.6) is 0 Å². The molecule has 0 aliphatic carbocycles. The zero-order valence-electron chi connectivity index (χ0n) is 13.6. The minimum atomic E-state index is -0.320. The third-order valence-electron chi connectivity index (χ3n) is 4.20. The normalized spacial score (nSPS) is 16.1. The molecule has 7 heteroatoms. The van der Waals surface area contributed by atoms with E-state index in [0.29, 0.717) is 32.0 Å². The van der Waals surface area contributed by atoms with Gasteiger partial charge in [-0.3, -0.25) is 0 Å². The number of hydrogen-bond acceptors (Lipinski definition) is 4. The summed E-state index contributed by atoms with van der Waals surface area (Å²) < 4.78 is 13.8. The van der Waals surface area contributed by atoms with E-state index in [4.69, 9.17) is 0 Å². The van der Waals surface area contributed by atoms with Gasteiger partial charge in [0.25, 0.3) is 0 Å². The molecule has 2 amide bonds. The first-order valence-corrected chi connectivity index (χ1v) is 9.01. The lowest BCUT2D eigenvalue weighted by Crippen LogP contribution is -2.52. The van der Waals surface area contributed by atoms with Gasteiger partial charge in [0, 0.05) is 37.3 Å². The Kier molecular flexibility index (Phi) is 5.30. The summed E-state index contributed by atoms with van der Waals surface area (Å²) in [6.07, 6.45) is 2.44. The van der Waals surface area contributed by atoms with E-state index in [0.717, 1.165) is 6.42 Å². The number of carbonyl (C=O) groups excluding carboxylic acids is 1. The van der Waals surface area contributed by atoms with Crippen molar-refractivity contribution in [2.75, 3.05) is 31.1 Å². The van der Waals surface area contributed by atoms with Crippen molar-refractivity contribution in [2.45, 2.75) is 19.4 Å². The van der Waals surface area contributed by atoms with E-state index in [1.165, 1.54) is 10.9 Å². The minimum absolute atomic E-state index is 0.0452. The summed E-state index contributed by atoms with van der Waals surface area (Å²) in [6.45, 7) is 4.34. The molecule has 1 aliphatic rings. The number of aromatic nitrogens is 1. The van der Waals surface area contributed by atoms with E-state index in [2.05, 4.69) is 17.2 Å². The van der Waals surface area contributed by atoms with Gasteiger partial charge in [-0.15, -0.1) is 11.3 Å². The predicted molar refractivity (Wildman–Crippen MR) is 93.9 cm³/mol. The Morgan fingerprint density at radius 2 is 2.12 bits per heavy atom. The largest absolute Gasteiger partial charge is 0.351 e. The number of amides is 2. The van der Waals surface area contributed by atoms with Gasteiger partial charge in [-0.2, -0.15) is 0 Å². The molecule has 3 rings (SSSR count). The zero-order chi connectivity index (χ0) is 16.9. The Morgan fingerprint density at radius 3 is 2.75 bits per heavy atom.